The Morgan fingerprint density at radius 1 is 0.956 bits per heavy atom. The third kappa shape index (κ3) is 6.74. The molecule has 1 aliphatic heterocycles. The Morgan fingerprint density at radius 2 is 1.62 bits per heavy atom. The molecular weight excluding hydrogens is 593 g/mol. The van der Waals surface area contributed by atoms with Crippen LogP contribution in [-0.4, -0.2) is 80.3 Å². The molecule has 4 aromatic rings. The number of carbonyl (C=O) groups excluding carboxylic acids is 1. The van der Waals surface area contributed by atoms with Gasteiger partial charge in [0.15, 0.2) is 0 Å². The van der Waals surface area contributed by atoms with Crippen molar-refractivity contribution in [3.05, 3.63) is 117 Å². The number of amides is 1. The van der Waals surface area contributed by atoms with Crippen LogP contribution in [0.2, 0.25) is 0 Å². The Kier molecular flexibility index (Phi) is 8.75. The molecule has 0 saturated carbocycles. The quantitative estimate of drug-likeness (QED) is 0.154. The van der Waals surface area contributed by atoms with Crippen LogP contribution in [0.1, 0.15) is 27.0 Å². The van der Waals surface area contributed by atoms with Gasteiger partial charge in [-0.3, -0.25) is 19.8 Å². The predicted octanol–water partition coefficient (Wildman–Crippen LogP) is 4.90. The normalized spacial score (nSPS) is 15.8. The van der Waals surface area contributed by atoms with Crippen molar-refractivity contribution in [1.29, 1.82) is 0 Å². The van der Waals surface area contributed by atoms with Gasteiger partial charge in [0, 0.05) is 80.2 Å². The van der Waals surface area contributed by atoms with E-state index in [1.165, 1.54) is 38.8 Å². The number of non-ortho nitro benzene ring substituents is 1. The first-order valence-electron chi connectivity index (χ1n) is 14.0. The first kappa shape index (κ1) is 31.4. The molecular formula is C32H29F3N4O6. The van der Waals surface area contributed by atoms with Gasteiger partial charge in [-0.05, 0) is 35.4 Å². The van der Waals surface area contributed by atoms with Gasteiger partial charge in [0.2, 0.25) is 5.60 Å². The number of nitrogens with zero attached hydrogens (tertiary/aromatic N) is 4. The van der Waals surface area contributed by atoms with E-state index >= 15 is 0 Å². The number of β-amino-alcohol motifs (C(OH)–C–C–N with tert-alkyl or cyclic N) is 1. The van der Waals surface area contributed by atoms with Crippen molar-refractivity contribution in [2.24, 2.45) is 0 Å². The van der Waals surface area contributed by atoms with Crippen LogP contribution < -0.4 is 0 Å². The van der Waals surface area contributed by atoms with Crippen LogP contribution in [0.15, 0.2) is 85.1 Å². The molecule has 3 aromatic carbocycles. The number of nitro groups is 1. The van der Waals surface area contributed by atoms with E-state index in [1.807, 2.05) is 0 Å². The second-order valence-electron chi connectivity index (χ2n) is 10.8. The number of hydrogen-bond donors (Lipinski definition) is 2. The van der Waals surface area contributed by atoms with Crippen molar-refractivity contribution in [2.75, 3.05) is 32.7 Å². The molecule has 0 aliphatic carbocycles. The van der Waals surface area contributed by atoms with E-state index in [-0.39, 0.29) is 55.2 Å². The molecule has 5 rings (SSSR count). The average Bonchev–Trinajstić information content (AvgIpc) is 3.38. The number of aromatic nitrogens is 1. The second-order valence-corrected chi connectivity index (χ2v) is 10.8. The number of hydrogen-bond acceptors (Lipinski definition) is 6. The van der Waals surface area contributed by atoms with Gasteiger partial charge in [0.1, 0.15) is 0 Å². The monoisotopic (exact) mass is 622 g/mol. The lowest BCUT2D eigenvalue weighted by atomic mass is 9.91. The van der Waals surface area contributed by atoms with Gasteiger partial charge in [-0.2, -0.15) is 13.2 Å². The van der Waals surface area contributed by atoms with Crippen LogP contribution in [0.3, 0.4) is 0 Å². The average molecular weight is 623 g/mol. The third-order valence-corrected chi connectivity index (χ3v) is 7.87. The van der Waals surface area contributed by atoms with Gasteiger partial charge >= 0.3 is 12.1 Å². The summed E-state index contributed by atoms with van der Waals surface area (Å²) in [5.41, 5.74) is -2.13. The van der Waals surface area contributed by atoms with Gasteiger partial charge < -0.3 is 19.7 Å². The maximum atomic E-state index is 14.8. The van der Waals surface area contributed by atoms with Crippen molar-refractivity contribution in [2.45, 2.75) is 18.3 Å². The molecule has 0 radical (unpaired) electrons. The Morgan fingerprint density at radius 3 is 2.22 bits per heavy atom. The summed E-state index contributed by atoms with van der Waals surface area (Å²) in [7, 11) is 0. The van der Waals surface area contributed by atoms with Crippen LogP contribution in [0.25, 0.3) is 17.0 Å². The molecule has 1 atom stereocenters. The Labute approximate surface area is 255 Å². The Bertz CT molecular complexity index is 1750. The number of nitro benzene ring substituents is 1. The highest BCUT2D eigenvalue weighted by molar-refractivity contribution is 5.94. The molecule has 10 nitrogen and oxygen atoms in total. The lowest BCUT2D eigenvalue weighted by molar-refractivity contribution is -0.384. The number of piperazine rings is 1. The van der Waals surface area contributed by atoms with Crippen molar-refractivity contribution in [3.63, 3.8) is 0 Å². The number of carbonyl (C=O) groups is 2. The van der Waals surface area contributed by atoms with E-state index in [0.717, 1.165) is 17.7 Å². The largest absolute Gasteiger partial charge is 0.478 e. The standard InChI is InChI=1S/C32H29F3N4O6/c33-32(34,35)31(43,21-36-14-16-37(17-15-36)30(42)24-9-6-22(7-10-24)8-13-29(40)41)27-20-38(19-23-4-2-1-3-5-23)28-18-25(39(44)45)11-12-26(27)28/h1-13,18,20,43H,14-17,19,21H2,(H,40,41). The van der Waals surface area contributed by atoms with Crippen LogP contribution in [0, 0.1) is 10.1 Å². The van der Waals surface area contributed by atoms with Gasteiger partial charge in [-0.25, -0.2) is 4.79 Å². The second kappa shape index (κ2) is 12.5. The van der Waals surface area contributed by atoms with E-state index in [9.17, 15) is 38.0 Å². The molecule has 2 heterocycles. The lowest BCUT2D eigenvalue weighted by Crippen LogP contribution is -2.56. The number of aliphatic carboxylic acids is 1. The highest BCUT2D eigenvalue weighted by Gasteiger charge is 2.57. The predicted molar refractivity (Wildman–Crippen MR) is 160 cm³/mol. The summed E-state index contributed by atoms with van der Waals surface area (Å²) in [5, 5.41) is 31.7. The number of halogens is 3. The fraction of sp³-hybridized carbons (Fsp3) is 0.250. The summed E-state index contributed by atoms with van der Waals surface area (Å²) < 4.78 is 45.8. The lowest BCUT2D eigenvalue weighted by Gasteiger charge is -2.40. The van der Waals surface area contributed by atoms with E-state index in [0.29, 0.717) is 11.1 Å². The number of fused-ring (bicyclic) bond motifs is 1. The zero-order valence-electron chi connectivity index (χ0n) is 23.9. The number of rotatable bonds is 9. The zero-order valence-corrected chi connectivity index (χ0v) is 23.9. The fourth-order valence-corrected chi connectivity index (χ4v) is 5.48. The zero-order chi connectivity index (χ0) is 32.4. The van der Waals surface area contributed by atoms with Crippen LogP contribution in [0.5, 0.6) is 0 Å². The molecule has 13 heteroatoms. The van der Waals surface area contributed by atoms with Crippen LogP contribution >= 0.6 is 0 Å². The summed E-state index contributed by atoms with van der Waals surface area (Å²) in [4.78, 5) is 37.6. The van der Waals surface area contributed by atoms with Crippen molar-refractivity contribution in [1.82, 2.24) is 14.4 Å². The van der Waals surface area contributed by atoms with E-state index in [1.54, 1.807) is 54.6 Å². The molecule has 1 saturated heterocycles. The molecule has 1 aliphatic rings. The smallest absolute Gasteiger partial charge is 0.422 e. The molecule has 234 valence electrons. The molecule has 0 spiro atoms. The van der Waals surface area contributed by atoms with Crippen LogP contribution in [-0.2, 0) is 16.9 Å². The van der Waals surface area contributed by atoms with Crippen molar-refractivity contribution in [3.8, 4) is 0 Å². The summed E-state index contributed by atoms with van der Waals surface area (Å²) in [6, 6.07) is 18.8. The molecule has 1 fully saturated rings. The minimum absolute atomic E-state index is 0.0480. The minimum Gasteiger partial charge on any atom is -0.478 e. The topological polar surface area (TPSA) is 129 Å². The number of carboxylic acids is 1. The molecule has 45 heavy (non-hydrogen) atoms. The summed E-state index contributed by atoms with van der Waals surface area (Å²) in [6.07, 6.45) is -1.52. The molecule has 2 N–H and O–H groups in total. The first-order chi connectivity index (χ1) is 21.4. The SMILES string of the molecule is O=C(O)C=Cc1ccc(C(=O)N2CCN(CC(O)(c3cn(Cc4ccccc4)c4cc([N+](=O)[O-])ccc34)C(F)(F)F)CC2)cc1. The first-order valence-corrected chi connectivity index (χ1v) is 14.0. The molecule has 1 amide bonds. The maximum Gasteiger partial charge on any atom is 0.422 e. The third-order valence-electron chi connectivity index (χ3n) is 7.87. The van der Waals surface area contributed by atoms with Gasteiger partial charge in [-0.1, -0.05) is 42.5 Å². The Hall–Kier alpha value is -5.01. The van der Waals surface area contributed by atoms with E-state index < -0.39 is 34.8 Å². The number of aliphatic hydroxyl groups is 1. The highest BCUT2D eigenvalue weighted by Crippen LogP contribution is 2.44. The van der Waals surface area contributed by atoms with E-state index in [4.69, 9.17) is 5.11 Å². The minimum atomic E-state index is -5.09. The van der Waals surface area contributed by atoms with Gasteiger partial charge in [-0.15, -0.1) is 0 Å². The summed E-state index contributed by atoms with van der Waals surface area (Å²) in [6.45, 7) is -0.297. The molecule has 1 unspecified atom stereocenters. The van der Waals surface area contributed by atoms with E-state index in [2.05, 4.69) is 0 Å². The van der Waals surface area contributed by atoms with Gasteiger partial charge in [0.25, 0.3) is 11.6 Å². The maximum absolute atomic E-state index is 14.8. The highest BCUT2D eigenvalue weighted by atomic mass is 19.4. The number of benzene rings is 3. The fourth-order valence-electron chi connectivity index (χ4n) is 5.48. The Balaban J connectivity index is 1.38. The summed E-state index contributed by atoms with van der Waals surface area (Å²) >= 11 is 0. The number of alkyl halides is 3. The molecule has 1 aromatic heterocycles. The van der Waals surface area contributed by atoms with Crippen molar-refractivity contribution >= 4 is 34.5 Å². The summed E-state index contributed by atoms with van der Waals surface area (Å²) in [5.74, 6) is -1.42. The van der Waals surface area contributed by atoms with Gasteiger partial charge in [0.05, 0.1) is 10.4 Å². The van der Waals surface area contributed by atoms with Crippen molar-refractivity contribution < 1.29 is 37.9 Å². The van der Waals surface area contributed by atoms with Crippen LogP contribution in [0.4, 0.5) is 18.9 Å². The molecule has 0 bridgehead atoms. The number of carboxylic acid groups (broad SMARTS) is 1.